The highest BCUT2D eigenvalue weighted by atomic mass is 19.1. The molecule has 0 aliphatic rings. The summed E-state index contributed by atoms with van der Waals surface area (Å²) in [4.78, 5) is 16.0. The predicted octanol–water partition coefficient (Wildman–Crippen LogP) is 2.81. The first kappa shape index (κ1) is 15.7. The number of aromatic nitrogens is 3. The molecular weight excluding hydrogens is 311 g/mol. The lowest BCUT2D eigenvalue weighted by Crippen LogP contribution is -2.30. The van der Waals surface area contributed by atoms with Crippen molar-refractivity contribution in [3.63, 3.8) is 0 Å². The number of hydrogen-bond acceptors (Lipinski definition) is 4. The van der Waals surface area contributed by atoms with E-state index in [4.69, 9.17) is 4.74 Å². The molecule has 0 bridgehead atoms. The Kier molecular flexibility index (Phi) is 4.51. The third kappa shape index (κ3) is 3.75. The quantitative estimate of drug-likeness (QED) is 0.783. The van der Waals surface area contributed by atoms with E-state index in [1.807, 2.05) is 12.1 Å². The van der Waals surface area contributed by atoms with Crippen molar-refractivity contribution in [2.75, 3.05) is 5.32 Å². The first-order valence-corrected chi connectivity index (χ1v) is 7.30. The molecule has 7 heteroatoms. The first-order chi connectivity index (χ1) is 11.6. The third-order valence-electron chi connectivity index (χ3n) is 3.30. The Balaban J connectivity index is 1.61. The lowest BCUT2D eigenvalue weighted by molar-refractivity contribution is -0.122. The van der Waals surface area contributed by atoms with Crippen LogP contribution in [0, 0.1) is 5.82 Å². The standard InChI is InChI=1S/C17H15FN4O2/c1-12(24-16-4-2-3-13(18)9-16)17(23)21-14-5-7-15(8-6-14)22-11-19-10-20-22/h2-12H,1H3,(H,21,23)/t12-/m1/s1. The van der Waals surface area contributed by atoms with Gasteiger partial charge in [0.25, 0.3) is 5.91 Å². The Bertz CT molecular complexity index is 819. The number of rotatable bonds is 5. The van der Waals surface area contributed by atoms with E-state index in [2.05, 4.69) is 15.4 Å². The van der Waals surface area contributed by atoms with E-state index in [-0.39, 0.29) is 5.91 Å². The molecule has 3 aromatic rings. The Labute approximate surface area is 137 Å². The Hall–Kier alpha value is -3.22. The van der Waals surface area contributed by atoms with Crippen molar-refractivity contribution < 1.29 is 13.9 Å². The maximum absolute atomic E-state index is 13.1. The molecule has 1 N–H and O–H groups in total. The highest BCUT2D eigenvalue weighted by molar-refractivity contribution is 5.94. The van der Waals surface area contributed by atoms with Crippen LogP contribution in [0.2, 0.25) is 0 Å². The zero-order valence-electron chi connectivity index (χ0n) is 12.9. The predicted molar refractivity (Wildman–Crippen MR) is 86.5 cm³/mol. The fraction of sp³-hybridized carbons (Fsp3) is 0.118. The normalized spacial score (nSPS) is 11.8. The summed E-state index contributed by atoms with van der Waals surface area (Å²) in [6.45, 7) is 1.60. The molecule has 0 saturated heterocycles. The highest BCUT2D eigenvalue weighted by Gasteiger charge is 2.15. The molecule has 1 amide bonds. The van der Waals surface area contributed by atoms with Crippen LogP contribution in [0.4, 0.5) is 10.1 Å². The van der Waals surface area contributed by atoms with E-state index in [0.717, 1.165) is 5.69 Å². The summed E-state index contributed by atoms with van der Waals surface area (Å²) in [7, 11) is 0. The van der Waals surface area contributed by atoms with Gasteiger partial charge in [0.05, 0.1) is 5.69 Å². The van der Waals surface area contributed by atoms with Crippen molar-refractivity contribution in [2.45, 2.75) is 13.0 Å². The zero-order chi connectivity index (χ0) is 16.9. The van der Waals surface area contributed by atoms with Gasteiger partial charge in [-0.05, 0) is 43.3 Å². The van der Waals surface area contributed by atoms with Gasteiger partial charge in [-0.15, -0.1) is 0 Å². The van der Waals surface area contributed by atoms with Crippen molar-refractivity contribution in [1.82, 2.24) is 14.8 Å². The van der Waals surface area contributed by atoms with Gasteiger partial charge in [0, 0.05) is 11.8 Å². The first-order valence-electron chi connectivity index (χ1n) is 7.30. The van der Waals surface area contributed by atoms with Crippen LogP contribution < -0.4 is 10.1 Å². The minimum absolute atomic E-state index is 0.305. The van der Waals surface area contributed by atoms with Gasteiger partial charge in [-0.1, -0.05) is 6.07 Å². The monoisotopic (exact) mass is 326 g/mol. The third-order valence-corrected chi connectivity index (χ3v) is 3.30. The summed E-state index contributed by atoms with van der Waals surface area (Å²) in [6, 6.07) is 12.8. The average Bonchev–Trinajstić information content (AvgIpc) is 3.10. The molecule has 1 heterocycles. The summed E-state index contributed by atoms with van der Waals surface area (Å²) < 4.78 is 20.2. The van der Waals surface area contributed by atoms with Crippen LogP contribution in [0.1, 0.15) is 6.92 Å². The number of hydrogen-bond donors (Lipinski definition) is 1. The number of carbonyl (C=O) groups excluding carboxylic acids is 1. The molecule has 0 spiro atoms. The van der Waals surface area contributed by atoms with Crippen LogP contribution in [0.5, 0.6) is 5.75 Å². The fourth-order valence-electron chi connectivity index (χ4n) is 2.08. The Morgan fingerprint density at radius 2 is 2.04 bits per heavy atom. The number of ether oxygens (including phenoxy) is 1. The van der Waals surface area contributed by atoms with Gasteiger partial charge in [0.1, 0.15) is 24.2 Å². The van der Waals surface area contributed by atoms with Crippen LogP contribution >= 0.6 is 0 Å². The number of amides is 1. The van der Waals surface area contributed by atoms with Gasteiger partial charge in [0.15, 0.2) is 6.10 Å². The molecular formula is C17H15FN4O2. The van der Waals surface area contributed by atoms with Crippen molar-refractivity contribution in [3.05, 3.63) is 67.0 Å². The van der Waals surface area contributed by atoms with Gasteiger partial charge in [-0.25, -0.2) is 14.1 Å². The summed E-state index contributed by atoms with van der Waals surface area (Å²) in [5, 5.41) is 6.77. The van der Waals surface area contributed by atoms with E-state index < -0.39 is 11.9 Å². The van der Waals surface area contributed by atoms with Gasteiger partial charge >= 0.3 is 0 Å². The molecule has 3 rings (SSSR count). The van der Waals surface area contributed by atoms with E-state index in [9.17, 15) is 9.18 Å². The van der Waals surface area contributed by atoms with Crippen LogP contribution in [-0.2, 0) is 4.79 Å². The largest absolute Gasteiger partial charge is 0.481 e. The van der Waals surface area contributed by atoms with Crippen LogP contribution in [-0.4, -0.2) is 26.8 Å². The minimum Gasteiger partial charge on any atom is -0.481 e. The van der Waals surface area contributed by atoms with Crippen LogP contribution in [0.3, 0.4) is 0 Å². The summed E-state index contributed by atoms with van der Waals surface area (Å²) >= 11 is 0. The molecule has 0 radical (unpaired) electrons. The molecule has 0 aliphatic carbocycles. The maximum atomic E-state index is 13.1. The van der Waals surface area contributed by atoms with E-state index >= 15 is 0 Å². The number of benzene rings is 2. The van der Waals surface area contributed by atoms with Crippen LogP contribution in [0.25, 0.3) is 5.69 Å². The zero-order valence-corrected chi connectivity index (χ0v) is 12.9. The lowest BCUT2D eigenvalue weighted by Gasteiger charge is -2.15. The molecule has 0 fully saturated rings. The van der Waals surface area contributed by atoms with Gasteiger partial charge in [0.2, 0.25) is 0 Å². The number of nitrogens with one attached hydrogen (secondary N) is 1. The second-order valence-corrected chi connectivity index (χ2v) is 5.09. The fourth-order valence-corrected chi connectivity index (χ4v) is 2.08. The number of anilines is 1. The smallest absolute Gasteiger partial charge is 0.265 e. The molecule has 0 unspecified atom stereocenters. The molecule has 1 atom stereocenters. The average molecular weight is 326 g/mol. The summed E-state index contributed by atoms with van der Waals surface area (Å²) in [6.07, 6.45) is 2.27. The Morgan fingerprint density at radius 3 is 2.71 bits per heavy atom. The molecule has 6 nitrogen and oxygen atoms in total. The Morgan fingerprint density at radius 1 is 1.25 bits per heavy atom. The van der Waals surface area contributed by atoms with Crippen molar-refractivity contribution in [2.24, 2.45) is 0 Å². The van der Waals surface area contributed by atoms with E-state index in [1.54, 1.807) is 36.1 Å². The van der Waals surface area contributed by atoms with Gasteiger partial charge in [-0.3, -0.25) is 4.79 Å². The molecule has 0 aliphatic heterocycles. The highest BCUT2D eigenvalue weighted by Crippen LogP contribution is 2.16. The SMILES string of the molecule is C[C@@H](Oc1cccc(F)c1)C(=O)Nc1ccc(-n2cncn2)cc1. The summed E-state index contributed by atoms with van der Waals surface area (Å²) in [5.41, 5.74) is 1.45. The van der Waals surface area contributed by atoms with E-state index in [0.29, 0.717) is 11.4 Å². The molecule has 24 heavy (non-hydrogen) atoms. The van der Waals surface area contributed by atoms with Crippen molar-refractivity contribution in [1.29, 1.82) is 0 Å². The van der Waals surface area contributed by atoms with Crippen molar-refractivity contribution >= 4 is 11.6 Å². The topological polar surface area (TPSA) is 69.0 Å². The molecule has 1 aromatic heterocycles. The summed E-state index contributed by atoms with van der Waals surface area (Å²) in [5.74, 6) is -0.434. The number of nitrogens with zero attached hydrogens (tertiary/aromatic N) is 3. The number of carbonyl (C=O) groups is 1. The maximum Gasteiger partial charge on any atom is 0.265 e. The van der Waals surface area contributed by atoms with Gasteiger partial charge < -0.3 is 10.1 Å². The van der Waals surface area contributed by atoms with Crippen LogP contribution in [0.15, 0.2) is 61.2 Å². The van der Waals surface area contributed by atoms with E-state index in [1.165, 1.54) is 24.5 Å². The van der Waals surface area contributed by atoms with Gasteiger partial charge in [-0.2, -0.15) is 5.10 Å². The second-order valence-electron chi connectivity index (χ2n) is 5.09. The second kappa shape index (κ2) is 6.91. The molecule has 122 valence electrons. The molecule has 2 aromatic carbocycles. The van der Waals surface area contributed by atoms with Crippen molar-refractivity contribution in [3.8, 4) is 11.4 Å². The number of halogens is 1. The lowest BCUT2D eigenvalue weighted by atomic mass is 10.2. The minimum atomic E-state index is -0.762. The molecule has 0 saturated carbocycles.